The van der Waals surface area contributed by atoms with Crippen molar-refractivity contribution < 1.29 is 19.1 Å². The zero-order valence-electron chi connectivity index (χ0n) is 14.8. The van der Waals surface area contributed by atoms with Crippen LogP contribution in [-0.2, 0) is 16.0 Å². The van der Waals surface area contributed by atoms with E-state index in [0.29, 0.717) is 11.3 Å². The summed E-state index contributed by atoms with van der Waals surface area (Å²) in [5.41, 5.74) is 2.44. The van der Waals surface area contributed by atoms with E-state index < -0.39 is 17.4 Å². The Morgan fingerprint density at radius 2 is 1.77 bits per heavy atom. The molecule has 0 saturated heterocycles. The van der Waals surface area contributed by atoms with Gasteiger partial charge in [0.2, 0.25) is 0 Å². The Morgan fingerprint density at radius 1 is 1.12 bits per heavy atom. The van der Waals surface area contributed by atoms with E-state index >= 15 is 0 Å². The van der Waals surface area contributed by atoms with Crippen LogP contribution in [0.15, 0.2) is 73.0 Å². The summed E-state index contributed by atoms with van der Waals surface area (Å²) in [4.78, 5) is 25.2. The van der Waals surface area contributed by atoms with Gasteiger partial charge in [0.1, 0.15) is 5.75 Å². The Labute approximate surface area is 152 Å². The van der Waals surface area contributed by atoms with Gasteiger partial charge < -0.3 is 14.8 Å². The van der Waals surface area contributed by atoms with Crippen molar-refractivity contribution in [2.45, 2.75) is 12.0 Å². The molecule has 0 aliphatic heterocycles. The van der Waals surface area contributed by atoms with Crippen LogP contribution >= 0.6 is 0 Å². The number of carbonyl (C=O) groups excluding carboxylic acids is 2. The van der Waals surface area contributed by atoms with E-state index in [1.54, 1.807) is 43.5 Å². The van der Waals surface area contributed by atoms with Crippen LogP contribution in [0.25, 0.3) is 0 Å². The van der Waals surface area contributed by atoms with E-state index in [0.717, 1.165) is 5.56 Å². The molecule has 1 unspecified atom stereocenters. The van der Waals surface area contributed by atoms with Gasteiger partial charge in [-0.3, -0.25) is 4.79 Å². The quantitative estimate of drug-likeness (QED) is 0.615. The van der Waals surface area contributed by atoms with Crippen molar-refractivity contribution in [1.29, 1.82) is 0 Å². The SMILES string of the molecule is C=C=CC(Cc1ccc(OC)cc1)(NC(=O)c1ccccc1)C(=O)OC. The molecule has 1 N–H and O–H groups in total. The summed E-state index contributed by atoms with van der Waals surface area (Å²) in [6.07, 6.45) is 1.61. The number of methoxy groups -OCH3 is 2. The van der Waals surface area contributed by atoms with Crippen LogP contribution in [0.4, 0.5) is 0 Å². The van der Waals surface area contributed by atoms with Crippen LogP contribution in [-0.4, -0.2) is 31.6 Å². The molecule has 5 nitrogen and oxygen atoms in total. The van der Waals surface area contributed by atoms with Gasteiger partial charge in [-0.05, 0) is 35.9 Å². The maximum Gasteiger partial charge on any atom is 0.336 e. The van der Waals surface area contributed by atoms with Gasteiger partial charge in [0, 0.05) is 12.0 Å². The van der Waals surface area contributed by atoms with Crippen molar-refractivity contribution in [3.05, 3.63) is 84.1 Å². The second kappa shape index (κ2) is 8.70. The van der Waals surface area contributed by atoms with Crippen molar-refractivity contribution in [3.63, 3.8) is 0 Å². The molecule has 0 bridgehead atoms. The average Bonchev–Trinajstić information content (AvgIpc) is 2.68. The number of rotatable bonds is 7. The zero-order chi connectivity index (χ0) is 19.0. The Hall–Kier alpha value is -3.30. The minimum Gasteiger partial charge on any atom is -0.497 e. The molecule has 0 radical (unpaired) electrons. The summed E-state index contributed by atoms with van der Waals surface area (Å²) in [6, 6.07) is 15.9. The molecule has 1 amide bonds. The molecule has 1 atom stereocenters. The first-order valence-corrected chi connectivity index (χ1v) is 8.00. The first-order valence-electron chi connectivity index (χ1n) is 8.00. The van der Waals surface area contributed by atoms with E-state index in [2.05, 4.69) is 17.6 Å². The first-order chi connectivity index (χ1) is 12.5. The molecule has 0 saturated carbocycles. The highest BCUT2D eigenvalue weighted by atomic mass is 16.5. The zero-order valence-corrected chi connectivity index (χ0v) is 14.8. The van der Waals surface area contributed by atoms with Gasteiger partial charge >= 0.3 is 5.97 Å². The Morgan fingerprint density at radius 3 is 2.31 bits per heavy atom. The minimum atomic E-state index is -1.42. The highest BCUT2D eigenvalue weighted by molar-refractivity contribution is 5.99. The fourth-order valence-corrected chi connectivity index (χ4v) is 2.60. The van der Waals surface area contributed by atoms with Gasteiger partial charge in [-0.2, -0.15) is 0 Å². The second-order valence-electron chi connectivity index (χ2n) is 5.66. The van der Waals surface area contributed by atoms with Crippen LogP contribution in [0, 0.1) is 0 Å². The van der Waals surface area contributed by atoms with Crippen LogP contribution in [0.2, 0.25) is 0 Å². The summed E-state index contributed by atoms with van der Waals surface area (Å²) in [6.45, 7) is 3.55. The van der Waals surface area contributed by atoms with Gasteiger partial charge in [-0.1, -0.05) is 36.9 Å². The largest absolute Gasteiger partial charge is 0.497 e. The van der Waals surface area contributed by atoms with Gasteiger partial charge in [-0.15, -0.1) is 5.73 Å². The lowest BCUT2D eigenvalue weighted by atomic mass is 9.90. The standard InChI is InChI=1S/C21H21NO4/c1-4-14-21(20(24)26-3,15-16-10-12-18(25-2)13-11-16)22-19(23)17-8-6-5-7-9-17/h5-14H,1,15H2,2-3H3,(H,22,23). The summed E-state index contributed by atoms with van der Waals surface area (Å²) in [5.74, 6) is -0.297. The maximum atomic E-state index is 12.6. The third kappa shape index (κ3) is 4.41. The molecule has 0 aliphatic carbocycles. The average molecular weight is 351 g/mol. The monoisotopic (exact) mass is 351 g/mol. The van der Waals surface area contributed by atoms with Crippen LogP contribution in [0.5, 0.6) is 5.75 Å². The molecule has 2 rings (SSSR count). The molecule has 2 aromatic rings. The predicted octanol–water partition coefficient (Wildman–Crippen LogP) is 2.92. The minimum absolute atomic E-state index is 0.185. The molecule has 0 spiro atoms. The molecule has 26 heavy (non-hydrogen) atoms. The summed E-state index contributed by atoms with van der Waals surface area (Å²) in [7, 11) is 2.85. The van der Waals surface area contributed by atoms with Gasteiger partial charge in [0.05, 0.1) is 14.2 Å². The molecular formula is C21H21NO4. The smallest absolute Gasteiger partial charge is 0.336 e. The summed E-state index contributed by atoms with van der Waals surface area (Å²) >= 11 is 0. The highest BCUT2D eigenvalue weighted by Gasteiger charge is 2.39. The summed E-state index contributed by atoms with van der Waals surface area (Å²) < 4.78 is 10.1. The van der Waals surface area contributed by atoms with Crippen LogP contribution in [0.1, 0.15) is 15.9 Å². The molecule has 0 heterocycles. The topological polar surface area (TPSA) is 64.6 Å². The van der Waals surface area contributed by atoms with Gasteiger partial charge in [-0.25, -0.2) is 4.79 Å². The molecule has 5 heteroatoms. The molecule has 0 aliphatic rings. The van der Waals surface area contributed by atoms with Crippen molar-refractivity contribution in [1.82, 2.24) is 5.32 Å². The van der Waals surface area contributed by atoms with Crippen molar-refractivity contribution in [3.8, 4) is 5.75 Å². The number of hydrogen-bond donors (Lipinski definition) is 1. The van der Waals surface area contributed by atoms with E-state index in [-0.39, 0.29) is 6.42 Å². The molecule has 134 valence electrons. The van der Waals surface area contributed by atoms with E-state index in [1.807, 2.05) is 18.2 Å². The number of ether oxygens (including phenoxy) is 2. The van der Waals surface area contributed by atoms with E-state index in [4.69, 9.17) is 9.47 Å². The lowest BCUT2D eigenvalue weighted by molar-refractivity contribution is -0.146. The first kappa shape index (κ1) is 19.0. The fraction of sp³-hybridized carbons (Fsp3) is 0.190. The summed E-state index contributed by atoms with van der Waals surface area (Å²) in [5, 5.41) is 2.77. The molecular weight excluding hydrogens is 330 g/mol. The van der Waals surface area contributed by atoms with E-state index in [1.165, 1.54) is 13.2 Å². The lowest BCUT2D eigenvalue weighted by Gasteiger charge is -2.28. The Bertz CT molecular complexity index is 808. The second-order valence-corrected chi connectivity index (χ2v) is 5.66. The van der Waals surface area contributed by atoms with Crippen molar-refractivity contribution in [2.24, 2.45) is 0 Å². The Balaban J connectivity index is 2.38. The van der Waals surface area contributed by atoms with Crippen LogP contribution < -0.4 is 10.1 Å². The fourth-order valence-electron chi connectivity index (χ4n) is 2.60. The Kier molecular flexibility index (Phi) is 6.36. The van der Waals surface area contributed by atoms with Crippen LogP contribution in [0.3, 0.4) is 0 Å². The molecule has 2 aromatic carbocycles. The molecule has 0 aromatic heterocycles. The number of hydrogen-bond acceptors (Lipinski definition) is 4. The number of esters is 1. The maximum absolute atomic E-state index is 12.6. The van der Waals surface area contributed by atoms with Gasteiger partial charge in [0.15, 0.2) is 5.54 Å². The van der Waals surface area contributed by atoms with E-state index in [9.17, 15) is 9.59 Å². The highest BCUT2D eigenvalue weighted by Crippen LogP contribution is 2.21. The third-order valence-corrected chi connectivity index (χ3v) is 3.91. The number of benzene rings is 2. The number of carbonyl (C=O) groups is 2. The van der Waals surface area contributed by atoms with Gasteiger partial charge in [0.25, 0.3) is 5.91 Å². The third-order valence-electron chi connectivity index (χ3n) is 3.91. The van der Waals surface area contributed by atoms with Crippen molar-refractivity contribution >= 4 is 11.9 Å². The lowest BCUT2D eigenvalue weighted by Crippen LogP contribution is -2.55. The number of nitrogens with one attached hydrogen (secondary N) is 1. The predicted molar refractivity (Wildman–Crippen MR) is 99.1 cm³/mol. The number of amides is 1. The van der Waals surface area contributed by atoms with Crippen molar-refractivity contribution in [2.75, 3.05) is 14.2 Å². The molecule has 0 fully saturated rings. The normalized spacial score (nSPS) is 12.2.